The Morgan fingerprint density at radius 2 is 1.76 bits per heavy atom. The molecule has 0 aromatic heterocycles. The summed E-state index contributed by atoms with van der Waals surface area (Å²) in [5, 5.41) is 13.1. The fourth-order valence-corrected chi connectivity index (χ4v) is 3.05. The van der Waals surface area contributed by atoms with E-state index in [9.17, 15) is 4.79 Å². The van der Waals surface area contributed by atoms with Gasteiger partial charge >= 0.3 is 0 Å². The van der Waals surface area contributed by atoms with Crippen molar-refractivity contribution in [2.24, 2.45) is 5.10 Å². The number of nitrogens with zero attached hydrogens (tertiary/aromatic N) is 2. The molecule has 1 N–H and O–H groups in total. The van der Waals surface area contributed by atoms with Crippen molar-refractivity contribution in [3.63, 3.8) is 0 Å². The van der Waals surface area contributed by atoms with Crippen LogP contribution >= 0.6 is 0 Å². The second kappa shape index (κ2) is 11.9. The number of hydrogen-bond donors (Lipinski definition) is 1. The molecule has 0 saturated heterocycles. The van der Waals surface area contributed by atoms with Crippen LogP contribution in [0.25, 0.3) is 0 Å². The molecule has 1 amide bonds. The van der Waals surface area contributed by atoms with Crippen LogP contribution in [0.2, 0.25) is 0 Å². The van der Waals surface area contributed by atoms with E-state index in [1.54, 1.807) is 48.5 Å². The SMILES string of the molecule is CCOc1cc(/C=N\NC(=O)c2cc(OC)cc(OC)c2)ccc1OCc1cccc(C#N)c1. The van der Waals surface area contributed by atoms with Gasteiger partial charge in [-0.2, -0.15) is 10.4 Å². The highest BCUT2D eigenvalue weighted by atomic mass is 16.5. The average molecular weight is 460 g/mol. The highest BCUT2D eigenvalue weighted by Crippen LogP contribution is 2.29. The highest BCUT2D eigenvalue weighted by molar-refractivity contribution is 5.95. The Bertz CT molecular complexity index is 1200. The summed E-state index contributed by atoms with van der Waals surface area (Å²) in [7, 11) is 3.03. The summed E-state index contributed by atoms with van der Waals surface area (Å²) >= 11 is 0. The van der Waals surface area contributed by atoms with Crippen LogP contribution < -0.4 is 24.4 Å². The molecule has 8 heteroatoms. The van der Waals surface area contributed by atoms with Crippen molar-refractivity contribution in [2.75, 3.05) is 20.8 Å². The monoisotopic (exact) mass is 459 g/mol. The molecule has 0 atom stereocenters. The van der Waals surface area contributed by atoms with Gasteiger partial charge in [-0.05, 0) is 60.5 Å². The third kappa shape index (κ3) is 6.50. The normalized spacial score (nSPS) is 10.4. The lowest BCUT2D eigenvalue weighted by Gasteiger charge is -2.13. The first kappa shape index (κ1) is 24.1. The summed E-state index contributed by atoms with van der Waals surface area (Å²) in [5.74, 6) is 1.72. The first-order chi connectivity index (χ1) is 16.6. The van der Waals surface area contributed by atoms with E-state index in [1.165, 1.54) is 20.4 Å². The fourth-order valence-electron chi connectivity index (χ4n) is 3.05. The number of carbonyl (C=O) groups excluding carboxylic acids is 1. The zero-order chi connectivity index (χ0) is 24.3. The second-order valence-electron chi connectivity index (χ2n) is 7.04. The molecular formula is C26H25N3O5. The van der Waals surface area contributed by atoms with Gasteiger partial charge in [0.25, 0.3) is 5.91 Å². The number of rotatable bonds is 10. The van der Waals surface area contributed by atoms with Crippen LogP contribution in [-0.4, -0.2) is 32.9 Å². The molecule has 0 heterocycles. The molecule has 34 heavy (non-hydrogen) atoms. The first-order valence-corrected chi connectivity index (χ1v) is 10.5. The molecule has 0 saturated carbocycles. The van der Waals surface area contributed by atoms with E-state index in [0.29, 0.717) is 52.9 Å². The van der Waals surface area contributed by atoms with Crippen molar-refractivity contribution in [1.29, 1.82) is 5.26 Å². The Labute approximate surface area is 198 Å². The largest absolute Gasteiger partial charge is 0.497 e. The third-order valence-electron chi connectivity index (χ3n) is 4.71. The topological polar surface area (TPSA) is 102 Å². The summed E-state index contributed by atoms with van der Waals surface area (Å²) in [5.41, 5.74) is 5.02. The number of carbonyl (C=O) groups is 1. The summed E-state index contributed by atoms with van der Waals surface area (Å²) < 4.78 is 22.0. The quantitative estimate of drug-likeness (QED) is 0.358. The Morgan fingerprint density at radius 3 is 2.44 bits per heavy atom. The van der Waals surface area contributed by atoms with Crippen LogP contribution in [0.1, 0.15) is 34.0 Å². The van der Waals surface area contributed by atoms with E-state index in [2.05, 4.69) is 16.6 Å². The Kier molecular flexibility index (Phi) is 8.47. The molecular weight excluding hydrogens is 434 g/mol. The maximum Gasteiger partial charge on any atom is 0.271 e. The molecule has 0 fully saturated rings. The number of nitriles is 1. The van der Waals surface area contributed by atoms with E-state index in [-0.39, 0.29) is 0 Å². The third-order valence-corrected chi connectivity index (χ3v) is 4.71. The smallest absolute Gasteiger partial charge is 0.271 e. The minimum Gasteiger partial charge on any atom is -0.497 e. The summed E-state index contributed by atoms with van der Waals surface area (Å²) in [6.45, 7) is 2.63. The van der Waals surface area contributed by atoms with Crippen molar-refractivity contribution in [2.45, 2.75) is 13.5 Å². The maximum absolute atomic E-state index is 12.5. The van der Waals surface area contributed by atoms with E-state index in [1.807, 2.05) is 19.1 Å². The molecule has 0 spiro atoms. The van der Waals surface area contributed by atoms with Crippen molar-refractivity contribution < 1.29 is 23.7 Å². The Balaban J connectivity index is 1.68. The average Bonchev–Trinajstić information content (AvgIpc) is 2.88. The summed E-state index contributed by atoms with van der Waals surface area (Å²) in [6.07, 6.45) is 1.51. The van der Waals surface area contributed by atoms with E-state index >= 15 is 0 Å². The minimum atomic E-state index is -0.405. The standard InChI is InChI=1S/C26H25N3O5/c1-4-33-25-11-19(8-9-24(25)34-17-20-7-5-6-18(10-20)15-27)16-28-29-26(30)21-12-22(31-2)14-23(13-21)32-3/h5-14,16H,4,17H2,1-3H3,(H,29,30)/b28-16-. The highest BCUT2D eigenvalue weighted by Gasteiger charge is 2.10. The van der Waals surface area contributed by atoms with Crippen molar-refractivity contribution in [3.8, 4) is 29.1 Å². The minimum absolute atomic E-state index is 0.295. The van der Waals surface area contributed by atoms with Gasteiger partial charge in [-0.1, -0.05) is 12.1 Å². The Morgan fingerprint density at radius 1 is 1.00 bits per heavy atom. The summed E-state index contributed by atoms with van der Waals surface area (Å²) in [4.78, 5) is 12.5. The van der Waals surface area contributed by atoms with Gasteiger partial charge in [0, 0.05) is 11.6 Å². The molecule has 0 aliphatic carbocycles. The van der Waals surface area contributed by atoms with Gasteiger partial charge in [-0.3, -0.25) is 4.79 Å². The molecule has 0 aliphatic heterocycles. The van der Waals surface area contributed by atoms with Crippen molar-refractivity contribution in [1.82, 2.24) is 5.43 Å². The molecule has 8 nitrogen and oxygen atoms in total. The number of methoxy groups -OCH3 is 2. The molecule has 3 aromatic carbocycles. The molecule has 174 valence electrons. The number of benzene rings is 3. The first-order valence-electron chi connectivity index (χ1n) is 10.5. The summed E-state index contributed by atoms with van der Waals surface area (Å²) in [6, 6.07) is 19.6. The zero-order valence-corrected chi connectivity index (χ0v) is 19.2. The number of hydrogen-bond acceptors (Lipinski definition) is 7. The van der Waals surface area contributed by atoms with Crippen LogP contribution in [0.5, 0.6) is 23.0 Å². The predicted molar refractivity (Wildman–Crippen MR) is 128 cm³/mol. The lowest BCUT2D eigenvalue weighted by Crippen LogP contribution is -2.17. The number of nitrogens with one attached hydrogen (secondary N) is 1. The molecule has 0 aliphatic rings. The van der Waals surface area contributed by atoms with Gasteiger partial charge in [0.2, 0.25) is 0 Å². The van der Waals surface area contributed by atoms with E-state index < -0.39 is 5.91 Å². The fraction of sp³-hybridized carbons (Fsp3) is 0.192. The molecule has 0 bridgehead atoms. The number of amides is 1. The van der Waals surface area contributed by atoms with Crippen LogP contribution in [-0.2, 0) is 6.61 Å². The second-order valence-corrected chi connectivity index (χ2v) is 7.04. The van der Waals surface area contributed by atoms with Gasteiger partial charge < -0.3 is 18.9 Å². The predicted octanol–water partition coefficient (Wildman–Crippen LogP) is 4.32. The van der Waals surface area contributed by atoms with Crippen LogP contribution in [0.15, 0.2) is 65.8 Å². The number of ether oxygens (including phenoxy) is 4. The van der Waals surface area contributed by atoms with Gasteiger partial charge in [0.05, 0.1) is 38.7 Å². The van der Waals surface area contributed by atoms with Crippen LogP contribution in [0, 0.1) is 11.3 Å². The Hall–Kier alpha value is -4.51. The van der Waals surface area contributed by atoms with Gasteiger partial charge in [0.15, 0.2) is 11.5 Å². The van der Waals surface area contributed by atoms with E-state index in [0.717, 1.165) is 5.56 Å². The molecule has 0 unspecified atom stereocenters. The zero-order valence-electron chi connectivity index (χ0n) is 19.2. The lowest BCUT2D eigenvalue weighted by atomic mass is 10.1. The molecule has 0 radical (unpaired) electrons. The van der Waals surface area contributed by atoms with Crippen molar-refractivity contribution >= 4 is 12.1 Å². The lowest BCUT2D eigenvalue weighted by molar-refractivity contribution is 0.0954. The van der Waals surface area contributed by atoms with Gasteiger partial charge in [-0.15, -0.1) is 0 Å². The molecule has 3 rings (SSSR count). The van der Waals surface area contributed by atoms with Gasteiger partial charge in [-0.25, -0.2) is 5.43 Å². The molecule has 3 aromatic rings. The van der Waals surface area contributed by atoms with E-state index in [4.69, 9.17) is 24.2 Å². The number of hydrazone groups is 1. The maximum atomic E-state index is 12.5. The van der Waals surface area contributed by atoms with Crippen molar-refractivity contribution in [3.05, 3.63) is 82.9 Å². The van der Waals surface area contributed by atoms with Crippen LogP contribution in [0.3, 0.4) is 0 Å². The van der Waals surface area contributed by atoms with Crippen LogP contribution in [0.4, 0.5) is 0 Å². The van der Waals surface area contributed by atoms with Gasteiger partial charge in [0.1, 0.15) is 18.1 Å².